The van der Waals surface area contributed by atoms with Gasteiger partial charge in [0.2, 0.25) is 0 Å². The van der Waals surface area contributed by atoms with Crippen LogP contribution in [0.5, 0.6) is 0 Å². The number of benzene rings is 1. The van der Waals surface area contributed by atoms with Crippen LogP contribution in [-0.4, -0.2) is 41.5 Å². The maximum absolute atomic E-state index is 13.8. The van der Waals surface area contributed by atoms with E-state index in [1.54, 1.807) is 0 Å². The highest BCUT2D eigenvalue weighted by Gasteiger charge is 2.23. The number of pyridine rings is 1. The summed E-state index contributed by atoms with van der Waals surface area (Å²) >= 11 is 5.99. The monoisotopic (exact) mass is 402 g/mol. The van der Waals surface area contributed by atoms with E-state index in [4.69, 9.17) is 21.1 Å². The molecule has 2 rings (SSSR count). The second-order valence-electron chi connectivity index (χ2n) is 5.52. The molecule has 2 aromatic rings. The van der Waals surface area contributed by atoms with Gasteiger partial charge in [0.1, 0.15) is 28.0 Å². The van der Waals surface area contributed by atoms with Crippen molar-refractivity contribution in [3.8, 4) is 0 Å². The number of nitrogens with one attached hydrogen (secondary N) is 1. The number of nitrogens with zero attached hydrogens (tertiary/aromatic N) is 1. The Morgan fingerprint density at radius 2 is 2.19 bits per heavy atom. The Morgan fingerprint density at radius 1 is 1.42 bits per heavy atom. The number of carbonyl (C=O) groups is 1. The molecule has 0 amide bonds. The zero-order chi connectivity index (χ0) is 19.1. The van der Waals surface area contributed by atoms with Gasteiger partial charge in [-0.15, -0.1) is 0 Å². The van der Waals surface area contributed by atoms with Crippen LogP contribution in [0.25, 0.3) is 10.8 Å². The molecule has 1 aromatic carbocycles. The van der Waals surface area contributed by atoms with Gasteiger partial charge in [0.25, 0.3) is 0 Å². The third kappa shape index (κ3) is 5.20. The molecule has 0 aliphatic rings. The number of aromatic nitrogens is 1. The van der Waals surface area contributed by atoms with Crippen molar-refractivity contribution in [2.45, 2.75) is 30.7 Å². The van der Waals surface area contributed by atoms with Gasteiger partial charge in [0.15, 0.2) is 0 Å². The minimum absolute atomic E-state index is 0.00121. The van der Waals surface area contributed by atoms with E-state index in [0.717, 1.165) is 19.0 Å². The molecule has 9 heteroatoms. The predicted octanol–water partition coefficient (Wildman–Crippen LogP) is 3.00. The molecule has 0 saturated heterocycles. The highest BCUT2D eigenvalue weighted by Crippen LogP contribution is 2.25. The van der Waals surface area contributed by atoms with Gasteiger partial charge in [-0.05, 0) is 18.6 Å². The molecule has 2 unspecified atom stereocenters. The lowest BCUT2D eigenvalue weighted by molar-refractivity contribution is -0.147. The molecule has 1 heterocycles. The Morgan fingerprint density at radius 3 is 2.88 bits per heavy atom. The summed E-state index contributed by atoms with van der Waals surface area (Å²) in [6.07, 6.45) is 2.67. The first-order valence-corrected chi connectivity index (χ1v) is 9.58. The van der Waals surface area contributed by atoms with Crippen molar-refractivity contribution in [1.29, 1.82) is 0 Å². The first kappa shape index (κ1) is 20.7. The first-order valence-electron chi connectivity index (χ1n) is 8.05. The smallest absolute Gasteiger partial charge is 0.326 e. The number of hydrogen-bond acceptors (Lipinski definition) is 5. The van der Waals surface area contributed by atoms with Crippen molar-refractivity contribution in [2.75, 3.05) is 20.3 Å². The van der Waals surface area contributed by atoms with Crippen LogP contribution in [0.1, 0.15) is 19.8 Å². The van der Waals surface area contributed by atoms with Crippen LogP contribution in [-0.2, 0) is 25.3 Å². The number of esters is 1. The van der Waals surface area contributed by atoms with Crippen LogP contribution in [0.4, 0.5) is 4.39 Å². The van der Waals surface area contributed by atoms with E-state index in [0.29, 0.717) is 16.9 Å². The maximum Gasteiger partial charge on any atom is 0.326 e. The van der Waals surface area contributed by atoms with Gasteiger partial charge in [-0.1, -0.05) is 31.0 Å². The normalized spacial score (nSPS) is 13.5. The number of carbonyl (C=O) groups excluding carboxylic acids is 1. The van der Waals surface area contributed by atoms with Gasteiger partial charge < -0.3 is 9.47 Å². The molecule has 26 heavy (non-hydrogen) atoms. The highest BCUT2D eigenvalue weighted by molar-refractivity contribution is 7.83. The molecule has 6 nitrogen and oxygen atoms in total. The molecular formula is C17H20ClFN2O4S. The lowest BCUT2D eigenvalue weighted by Gasteiger charge is -2.16. The fourth-order valence-corrected chi connectivity index (χ4v) is 3.38. The molecule has 0 aliphatic carbocycles. The second kappa shape index (κ2) is 9.91. The molecule has 2 atom stereocenters. The van der Waals surface area contributed by atoms with E-state index in [1.807, 2.05) is 6.92 Å². The summed E-state index contributed by atoms with van der Waals surface area (Å²) in [4.78, 5) is 16.2. The first-order chi connectivity index (χ1) is 12.5. The fourth-order valence-electron chi connectivity index (χ4n) is 2.20. The third-order valence-corrected chi connectivity index (χ3v) is 5.07. The number of unbranched alkanes of at least 4 members (excludes halogenated alkanes) is 1. The van der Waals surface area contributed by atoms with Gasteiger partial charge in [0, 0.05) is 17.9 Å². The Kier molecular flexibility index (Phi) is 7.89. The molecule has 1 N–H and O–H groups in total. The molecule has 0 bridgehead atoms. The SMILES string of the molecule is CCCCOC(=O)C(COC)NS(=O)c1ccc2c(F)cnc(Cl)c2c1. The van der Waals surface area contributed by atoms with Crippen LogP contribution in [0.2, 0.25) is 5.15 Å². The standard InChI is InChI=1S/C17H20ClFN2O4S/c1-3-4-7-25-17(22)15(10-24-2)21-26(23)11-5-6-12-13(8-11)16(18)20-9-14(12)19/h5-6,8-9,15,21H,3-4,7,10H2,1-2H3. The van der Waals surface area contributed by atoms with E-state index in [-0.39, 0.29) is 17.1 Å². The summed E-state index contributed by atoms with van der Waals surface area (Å²) in [5.74, 6) is -1.06. The molecule has 0 aliphatic heterocycles. The van der Waals surface area contributed by atoms with E-state index in [9.17, 15) is 13.4 Å². The Hall–Kier alpha value is -1.61. The number of methoxy groups -OCH3 is 1. The van der Waals surface area contributed by atoms with Crippen molar-refractivity contribution in [3.63, 3.8) is 0 Å². The van der Waals surface area contributed by atoms with E-state index in [1.165, 1.54) is 25.3 Å². The fraction of sp³-hybridized carbons (Fsp3) is 0.412. The highest BCUT2D eigenvalue weighted by atomic mass is 35.5. The van der Waals surface area contributed by atoms with E-state index in [2.05, 4.69) is 9.71 Å². The van der Waals surface area contributed by atoms with Crippen LogP contribution in [0.3, 0.4) is 0 Å². The average Bonchev–Trinajstić information content (AvgIpc) is 2.64. The Labute approximate surface area is 158 Å². The number of rotatable bonds is 9. The maximum atomic E-state index is 13.8. The third-order valence-electron chi connectivity index (χ3n) is 3.59. The second-order valence-corrected chi connectivity index (χ2v) is 7.12. The van der Waals surface area contributed by atoms with Gasteiger partial charge in [-0.2, -0.15) is 0 Å². The van der Waals surface area contributed by atoms with E-state index >= 15 is 0 Å². The minimum atomic E-state index is -1.75. The van der Waals surface area contributed by atoms with Crippen LogP contribution >= 0.6 is 11.6 Å². The zero-order valence-corrected chi connectivity index (χ0v) is 16.0. The summed E-state index contributed by atoms with van der Waals surface area (Å²) in [6.45, 7) is 2.28. The van der Waals surface area contributed by atoms with Crippen LogP contribution < -0.4 is 4.72 Å². The summed E-state index contributed by atoms with van der Waals surface area (Å²) < 4.78 is 39.2. The largest absolute Gasteiger partial charge is 0.464 e. The van der Waals surface area contributed by atoms with Crippen LogP contribution in [0, 0.1) is 5.82 Å². The van der Waals surface area contributed by atoms with Gasteiger partial charge in [-0.25, -0.2) is 18.3 Å². The zero-order valence-electron chi connectivity index (χ0n) is 14.5. The van der Waals surface area contributed by atoms with Gasteiger partial charge >= 0.3 is 5.97 Å². The minimum Gasteiger partial charge on any atom is -0.464 e. The number of halogens is 2. The van der Waals surface area contributed by atoms with Crippen molar-refractivity contribution >= 4 is 39.3 Å². The molecular weight excluding hydrogens is 383 g/mol. The Balaban J connectivity index is 2.17. The van der Waals surface area contributed by atoms with Crippen molar-refractivity contribution in [3.05, 3.63) is 35.4 Å². The number of fused-ring (bicyclic) bond motifs is 1. The summed E-state index contributed by atoms with van der Waals surface area (Å²) in [5.41, 5.74) is 0. The van der Waals surface area contributed by atoms with E-state index < -0.39 is 28.8 Å². The molecule has 1 aromatic heterocycles. The van der Waals surface area contributed by atoms with Crippen molar-refractivity contribution < 1.29 is 22.9 Å². The summed E-state index contributed by atoms with van der Waals surface area (Å²) in [6, 6.07) is 3.55. The summed E-state index contributed by atoms with van der Waals surface area (Å²) in [5, 5.41) is 0.721. The molecule has 142 valence electrons. The van der Waals surface area contributed by atoms with Gasteiger partial charge in [0.05, 0.1) is 24.3 Å². The molecule has 0 radical (unpaired) electrons. The molecule has 0 fully saturated rings. The topological polar surface area (TPSA) is 77.5 Å². The Bertz CT molecular complexity index is 806. The average molecular weight is 403 g/mol. The quantitative estimate of drug-likeness (QED) is 0.396. The lowest BCUT2D eigenvalue weighted by Crippen LogP contribution is -2.42. The molecule has 0 spiro atoms. The lowest BCUT2D eigenvalue weighted by atomic mass is 10.2. The van der Waals surface area contributed by atoms with Crippen molar-refractivity contribution in [2.24, 2.45) is 0 Å². The summed E-state index contributed by atoms with van der Waals surface area (Å²) in [7, 11) is -0.322. The molecule has 0 saturated carbocycles. The van der Waals surface area contributed by atoms with Crippen molar-refractivity contribution in [1.82, 2.24) is 9.71 Å². The van der Waals surface area contributed by atoms with Gasteiger partial charge in [-0.3, -0.25) is 4.79 Å². The number of ether oxygens (including phenoxy) is 2. The van der Waals surface area contributed by atoms with Crippen LogP contribution in [0.15, 0.2) is 29.3 Å². The predicted molar refractivity (Wildman–Crippen MR) is 97.8 cm³/mol. The number of hydrogen-bond donors (Lipinski definition) is 1.